The molecule has 1 unspecified atom stereocenters. The van der Waals surface area contributed by atoms with Gasteiger partial charge in [0.2, 0.25) is 15.9 Å². The van der Waals surface area contributed by atoms with E-state index in [1.165, 1.54) is 10.6 Å². The van der Waals surface area contributed by atoms with Crippen LogP contribution in [0.3, 0.4) is 0 Å². The first-order valence-electron chi connectivity index (χ1n) is 8.27. The largest absolute Gasteiger partial charge is 0.338 e. The van der Waals surface area contributed by atoms with Gasteiger partial charge < -0.3 is 4.90 Å². The predicted molar refractivity (Wildman–Crippen MR) is 95.1 cm³/mol. The lowest BCUT2D eigenvalue weighted by Gasteiger charge is -2.28. The Labute approximate surface area is 145 Å². The second-order valence-electron chi connectivity index (χ2n) is 6.38. The lowest BCUT2D eigenvalue weighted by molar-refractivity contribution is -0.133. The summed E-state index contributed by atoms with van der Waals surface area (Å²) in [4.78, 5) is 16.4. The van der Waals surface area contributed by atoms with Crippen LogP contribution in [0.25, 0.3) is 0 Å². The number of rotatable bonds is 5. The summed E-state index contributed by atoms with van der Waals surface area (Å²) < 4.78 is 24.8. The van der Waals surface area contributed by atoms with E-state index in [1.54, 1.807) is 4.90 Å². The Balaban J connectivity index is 1.92. The summed E-state index contributed by atoms with van der Waals surface area (Å²) in [6.45, 7) is 4.65. The predicted octanol–water partition coefficient (Wildman–Crippen LogP) is 1.17. The summed E-state index contributed by atoms with van der Waals surface area (Å²) in [6.07, 6.45) is 1.99. The fourth-order valence-corrected chi connectivity index (χ4v) is 3.79. The fourth-order valence-electron chi connectivity index (χ4n) is 2.91. The van der Waals surface area contributed by atoms with Crippen LogP contribution >= 0.6 is 0 Å². The standard InChI is InChI=1S/C17H27N3O3S/c1-15(16-8-5-4-6-9-16)18(2)17(21)14-19-10-7-11-20(13-12-19)24(3,22)23/h4-6,8-9,15H,7,10-14H2,1-3H3. The molecule has 1 aromatic rings. The maximum atomic E-state index is 12.6. The first-order chi connectivity index (χ1) is 11.3. The molecule has 0 N–H and O–H groups in total. The number of amides is 1. The molecule has 1 saturated heterocycles. The average molecular weight is 353 g/mol. The van der Waals surface area contributed by atoms with Crippen molar-refractivity contribution in [3.05, 3.63) is 35.9 Å². The molecule has 1 amide bonds. The van der Waals surface area contributed by atoms with E-state index in [2.05, 4.69) is 0 Å². The summed E-state index contributed by atoms with van der Waals surface area (Å²) in [5.74, 6) is 0.0548. The normalized spacial score (nSPS) is 18.8. The van der Waals surface area contributed by atoms with Gasteiger partial charge >= 0.3 is 0 Å². The molecule has 24 heavy (non-hydrogen) atoms. The minimum Gasteiger partial charge on any atom is -0.338 e. The average Bonchev–Trinajstić information content (AvgIpc) is 2.79. The van der Waals surface area contributed by atoms with Crippen molar-refractivity contribution in [1.82, 2.24) is 14.1 Å². The number of likely N-dealkylation sites (N-methyl/N-ethyl adjacent to an activating group) is 1. The van der Waals surface area contributed by atoms with Crippen LogP contribution in [-0.2, 0) is 14.8 Å². The van der Waals surface area contributed by atoms with Crippen LogP contribution in [0.15, 0.2) is 30.3 Å². The molecule has 0 radical (unpaired) electrons. The second-order valence-corrected chi connectivity index (χ2v) is 8.37. The van der Waals surface area contributed by atoms with Gasteiger partial charge in [0.25, 0.3) is 0 Å². The number of hydrogen-bond acceptors (Lipinski definition) is 4. The van der Waals surface area contributed by atoms with Crippen LogP contribution in [0.2, 0.25) is 0 Å². The molecule has 2 rings (SSSR count). The zero-order chi connectivity index (χ0) is 17.7. The maximum Gasteiger partial charge on any atom is 0.236 e. The Morgan fingerprint density at radius 2 is 1.83 bits per heavy atom. The van der Waals surface area contributed by atoms with Gasteiger partial charge in [-0.05, 0) is 25.5 Å². The van der Waals surface area contributed by atoms with E-state index in [0.29, 0.717) is 26.2 Å². The molecule has 1 fully saturated rings. The van der Waals surface area contributed by atoms with Crippen LogP contribution < -0.4 is 0 Å². The van der Waals surface area contributed by atoms with Gasteiger partial charge in [0.15, 0.2) is 0 Å². The number of sulfonamides is 1. The zero-order valence-corrected chi connectivity index (χ0v) is 15.5. The number of carbonyl (C=O) groups is 1. The number of nitrogens with zero attached hydrogens (tertiary/aromatic N) is 3. The third kappa shape index (κ3) is 5.03. The van der Waals surface area contributed by atoms with E-state index in [4.69, 9.17) is 0 Å². The lowest BCUT2D eigenvalue weighted by atomic mass is 10.1. The second kappa shape index (κ2) is 8.09. The van der Waals surface area contributed by atoms with E-state index >= 15 is 0 Å². The smallest absolute Gasteiger partial charge is 0.236 e. The quantitative estimate of drug-likeness (QED) is 0.797. The molecule has 1 heterocycles. The Hall–Kier alpha value is -1.44. The molecule has 6 nitrogen and oxygen atoms in total. The van der Waals surface area contributed by atoms with Gasteiger partial charge in [-0.25, -0.2) is 12.7 Å². The Morgan fingerprint density at radius 1 is 1.17 bits per heavy atom. The van der Waals surface area contributed by atoms with E-state index in [0.717, 1.165) is 18.5 Å². The maximum absolute atomic E-state index is 12.6. The molecule has 0 aliphatic carbocycles. The Kier molecular flexibility index (Phi) is 6.37. The van der Waals surface area contributed by atoms with Gasteiger partial charge in [-0.3, -0.25) is 9.69 Å². The van der Waals surface area contributed by atoms with Crippen molar-refractivity contribution in [2.24, 2.45) is 0 Å². The van der Waals surface area contributed by atoms with Crippen molar-refractivity contribution in [3.63, 3.8) is 0 Å². The van der Waals surface area contributed by atoms with Crippen molar-refractivity contribution in [2.75, 3.05) is 46.0 Å². The number of hydrogen-bond donors (Lipinski definition) is 0. The molecule has 1 aliphatic heterocycles. The topological polar surface area (TPSA) is 60.9 Å². The van der Waals surface area contributed by atoms with Gasteiger partial charge in [0, 0.05) is 26.7 Å². The first-order valence-corrected chi connectivity index (χ1v) is 10.1. The van der Waals surface area contributed by atoms with Crippen LogP contribution in [-0.4, -0.2) is 74.5 Å². The molecular formula is C17H27N3O3S. The number of benzene rings is 1. The fraction of sp³-hybridized carbons (Fsp3) is 0.588. The molecule has 1 aliphatic rings. The Bertz CT molecular complexity index is 648. The molecular weight excluding hydrogens is 326 g/mol. The molecule has 1 atom stereocenters. The van der Waals surface area contributed by atoms with Crippen molar-refractivity contribution >= 4 is 15.9 Å². The van der Waals surface area contributed by atoms with Crippen LogP contribution in [0.5, 0.6) is 0 Å². The molecule has 0 spiro atoms. The van der Waals surface area contributed by atoms with Crippen LogP contribution in [0.1, 0.15) is 24.9 Å². The van der Waals surface area contributed by atoms with Gasteiger partial charge in [0.1, 0.15) is 0 Å². The third-order valence-corrected chi connectivity index (χ3v) is 5.93. The SMILES string of the molecule is CC(c1ccccc1)N(C)C(=O)CN1CCCN(S(C)(=O)=O)CC1. The van der Waals surface area contributed by atoms with Gasteiger partial charge in [-0.15, -0.1) is 0 Å². The molecule has 7 heteroatoms. The highest BCUT2D eigenvalue weighted by molar-refractivity contribution is 7.88. The van der Waals surface area contributed by atoms with E-state index in [1.807, 2.05) is 49.2 Å². The highest BCUT2D eigenvalue weighted by atomic mass is 32.2. The van der Waals surface area contributed by atoms with Crippen LogP contribution in [0, 0.1) is 0 Å². The van der Waals surface area contributed by atoms with Crippen molar-refractivity contribution in [2.45, 2.75) is 19.4 Å². The lowest BCUT2D eigenvalue weighted by Crippen LogP contribution is -2.41. The number of carbonyl (C=O) groups excluding carboxylic acids is 1. The van der Waals surface area contributed by atoms with E-state index in [-0.39, 0.29) is 11.9 Å². The summed E-state index contributed by atoms with van der Waals surface area (Å²) >= 11 is 0. The minimum atomic E-state index is -3.16. The molecule has 0 aromatic heterocycles. The van der Waals surface area contributed by atoms with Gasteiger partial charge in [-0.2, -0.15) is 0 Å². The van der Waals surface area contributed by atoms with Crippen molar-refractivity contribution in [1.29, 1.82) is 0 Å². The highest BCUT2D eigenvalue weighted by Crippen LogP contribution is 2.18. The summed E-state index contributed by atoms with van der Waals surface area (Å²) in [7, 11) is -1.34. The van der Waals surface area contributed by atoms with Gasteiger partial charge in [-0.1, -0.05) is 30.3 Å². The first kappa shape index (κ1) is 18.9. The van der Waals surface area contributed by atoms with Gasteiger partial charge in [0.05, 0.1) is 18.8 Å². The summed E-state index contributed by atoms with van der Waals surface area (Å²) in [6, 6.07) is 9.95. The molecule has 0 saturated carbocycles. The zero-order valence-electron chi connectivity index (χ0n) is 14.7. The van der Waals surface area contributed by atoms with E-state index < -0.39 is 10.0 Å². The summed E-state index contributed by atoms with van der Waals surface area (Å²) in [5.41, 5.74) is 1.10. The molecule has 134 valence electrons. The highest BCUT2D eigenvalue weighted by Gasteiger charge is 2.24. The monoisotopic (exact) mass is 353 g/mol. The van der Waals surface area contributed by atoms with Crippen molar-refractivity contribution < 1.29 is 13.2 Å². The molecule has 1 aromatic carbocycles. The minimum absolute atomic E-state index is 0.0122. The molecule has 0 bridgehead atoms. The van der Waals surface area contributed by atoms with Crippen LogP contribution in [0.4, 0.5) is 0 Å². The summed E-state index contributed by atoms with van der Waals surface area (Å²) in [5, 5.41) is 0. The third-order valence-electron chi connectivity index (χ3n) is 4.63. The van der Waals surface area contributed by atoms with Crippen molar-refractivity contribution in [3.8, 4) is 0 Å². The Morgan fingerprint density at radius 3 is 2.46 bits per heavy atom. The van der Waals surface area contributed by atoms with E-state index in [9.17, 15) is 13.2 Å².